The number of rotatable bonds is 6. The normalized spacial score (nSPS) is 14.5. The third-order valence-electron chi connectivity index (χ3n) is 4.21. The van der Waals surface area contributed by atoms with Gasteiger partial charge in [-0.15, -0.1) is 0 Å². The van der Waals surface area contributed by atoms with E-state index in [9.17, 15) is 9.59 Å². The number of amides is 1. The summed E-state index contributed by atoms with van der Waals surface area (Å²) in [7, 11) is 1.48. The van der Waals surface area contributed by atoms with E-state index in [-0.39, 0.29) is 12.2 Å². The minimum atomic E-state index is -1.09. The molecule has 0 radical (unpaired) electrons. The topological polar surface area (TPSA) is 112 Å². The van der Waals surface area contributed by atoms with Crippen molar-refractivity contribution in [1.82, 2.24) is 0 Å². The summed E-state index contributed by atoms with van der Waals surface area (Å²) in [6.45, 7) is 1.51. The van der Waals surface area contributed by atoms with E-state index < -0.39 is 11.9 Å². The molecule has 2 aromatic carbocycles. The molecule has 0 fully saturated rings. The van der Waals surface area contributed by atoms with Gasteiger partial charge in [0.15, 0.2) is 18.1 Å². The van der Waals surface area contributed by atoms with Gasteiger partial charge in [-0.05, 0) is 37.3 Å². The minimum absolute atomic E-state index is 0.0561. The van der Waals surface area contributed by atoms with E-state index in [2.05, 4.69) is 5.10 Å². The summed E-state index contributed by atoms with van der Waals surface area (Å²) in [5.41, 5.74) is 1.74. The Labute approximate surface area is 166 Å². The Hall–Kier alpha value is -4.12. The first-order valence-corrected chi connectivity index (χ1v) is 8.58. The molecule has 0 spiro atoms. The van der Waals surface area contributed by atoms with E-state index in [1.54, 1.807) is 43.3 Å². The maximum atomic E-state index is 13.0. The van der Waals surface area contributed by atoms with Crippen LogP contribution in [-0.2, 0) is 4.79 Å². The van der Waals surface area contributed by atoms with Crippen molar-refractivity contribution >= 4 is 29.4 Å². The van der Waals surface area contributed by atoms with E-state index in [4.69, 9.17) is 19.8 Å². The fraction of sp³-hybridized carbons (Fsp3) is 0.143. The molecule has 29 heavy (non-hydrogen) atoms. The van der Waals surface area contributed by atoms with Gasteiger partial charge < -0.3 is 14.6 Å². The van der Waals surface area contributed by atoms with Crippen molar-refractivity contribution in [3.8, 4) is 17.6 Å². The molecule has 0 aliphatic carbocycles. The molecule has 0 atom stereocenters. The average Bonchev–Trinajstić information content (AvgIpc) is 3.01. The highest BCUT2D eigenvalue weighted by Gasteiger charge is 2.29. The number of nitriles is 1. The predicted octanol–water partition coefficient (Wildman–Crippen LogP) is 3.10. The van der Waals surface area contributed by atoms with Gasteiger partial charge in [-0.1, -0.05) is 18.2 Å². The molecule has 8 heteroatoms. The van der Waals surface area contributed by atoms with Gasteiger partial charge in [0.25, 0.3) is 5.91 Å². The van der Waals surface area contributed by atoms with Crippen molar-refractivity contribution in [3.63, 3.8) is 0 Å². The molecule has 0 saturated carbocycles. The molecular weight excluding hydrogens is 374 g/mol. The quantitative estimate of drug-likeness (QED) is 0.757. The summed E-state index contributed by atoms with van der Waals surface area (Å²) in [6, 6.07) is 13.0. The monoisotopic (exact) mass is 391 g/mol. The van der Waals surface area contributed by atoms with Crippen molar-refractivity contribution in [2.45, 2.75) is 6.92 Å². The van der Waals surface area contributed by atoms with Gasteiger partial charge in [-0.2, -0.15) is 15.4 Å². The maximum absolute atomic E-state index is 13.0. The van der Waals surface area contributed by atoms with Crippen molar-refractivity contribution in [1.29, 1.82) is 5.26 Å². The number of ether oxygens (including phenoxy) is 2. The molecule has 1 aliphatic rings. The number of aromatic carboxylic acids is 1. The highest BCUT2D eigenvalue weighted by Crippen LogP contribution is 2.34. The van der Waals surface area contributed by atoms with Crippen LogP contribution in [0, 0.1) is 11.3 Å². The summed E-state index contributed by atoms with van der Waals surface area (Å²) in [5.74, 6) is -0.721. The minimum Gasteiger partial charge on any atom is -0.493 e. The lowest BCUT2D eigenvalue weighted by molar-refractivity contribution is -0.114. The number of anilines is 1. The van der Waals surface area contributed by atoms with Crippen LogP contribution in [0.1, 0.15) is 22.8 Å². The van der Waals surface area contributed by atoms with Crippen molar-refractivity contribution in [2.24, 2.45) is 5.10 Å². The largest absolute Gasteiger partial charge is 0.493 e. The van der Waals surface area contributed by atoms with E-state index in [0.29, 0.717) is 34.0 Å². The number of carbonyl (C=O) groups excluding carboxylic acids is 1. The van der Waals surface area contributed by atoms with Gasteiger partial charge >= 0.3 is 5.97 Å². The van der Waals surface area contributed by atoms with Crippen molar-refractivity contribution in [2.75, 3.05) is 18.7 Å². The van der Waals surface area contributed by atoms with Gasteiger partial charge in [-0.25, -0.2) is 4.79 Å². The molecule has 1 N–H and O–H groups in total. The fourth-order valence-electron chi connectivity index (χ4n) is 2.85. The summed E-state index contributed by atoms with van der Waals surface area (Å²) in [5, 5.41) is 23.4. The molecule has 0 bridgehead atoms. The Bertz CT molecular complexity index is 1080. The molecule has 8 nitrogen and oxygen atoms in total. The molecule has 0 aromatic heterocycles. The maximum Gasteiger partial charge on any atom is 0.335 e. The van der Waals surface area contributed by atoms with Crippen LogP contribution in [0.15, 0.2) is 53.1 Å². The van der Waals surface area contributed by atoms with Gasteiger partial charge in [0, 0.05) is 5.56 Å². The van der Waals surface area contributed by atoms with Gasteiger partial charge in [-0.3, -0.25) is 4.79 Å². The molecular formula is C21H17N3O5. The van der Waals surface area contributed by atoms with E-state index in [1.807, 2.05) is 6.07 Å². The highest BCUT2D eigenvalue weighted by molar-refractivity contribution is 6.32. The molecule has 1 amide bonds. The van der Waals surface area contributed by atoms with Crippen LogP contribution >= 0.6 is 0 Å². The number of benzene rings is 2. The van der Waals surface area contributed by atoms with Crippen LogP contribution < -0.4 is 14.5 Å². The summed E-state index contributed by atoms with van der Waals surface area (Å²) >= 11 is 0. The number of para-hydroxylation sites is 1. The molecule has 0 unspecified atom stereocenters. The lowest BCUT2D eigenvalue weighted by Crippen LogP contribution is -2.21. The molecule has 0 saturated heterocycles. The van der Waals surface area contributed by atoms with Crippen LogP contribution in [0.2, 0.25) is 0 Å². The van der Waals surface area contributed by atoms with Gasteiger partial charge in [0.05, 0.1) is 29.6 Å². The first kappa shape index (κ1) is 19.6. The zero-order chi connectivity index (χ0) is 21.0. The summed E-state index contributed by atoms with van der Waals surface area (Å²) in [4.78, 5) is 24.2. The van der Waals surface area contributed by atoms with Gasteiger partial charge in [0.1, 0.15) is 6.07 Å². The number of carbonyl (C=O) groups is 2. The second kappa shape index (κ2) is 8.27. The van der Waals surface area contributed by atoms with Crippen LogP contribution in [-0.4, -0.2) is 36.4 Å². The standard InChI is InChI=1S/C21H17N3O5/c1-13-17(12-14-5-4-8-18(28-2)19(14)29-10-9-22)20(25)24(23-13)16-7-3-6-15(11-16)21(26)27/h3-8,11-12H,10H2,1-2H3,(H,26,27)/b17-12-. The molecule has 3 rings (SSSR count). The third kappa shape index (κ3) is 3.94. The van der Waals surface area contributed by atoms with E-state index in [1.165, 1.54) is 19.2 Å². The van der Waals surface area contributed by atoms with Crippen molar-refractivity contribution < 1.29 is 24.2 Å². The second-order valence-electron chi connectivity index (χ2n) is 6.04. The first-order chi connectivity index (χ1) is 14.0. The zero-order valence-electron chi connectivity index (χ0n) is 15.7. The smallest absolute Gasteiger partial charge is 0.335 e. The lowest BCUT2D eigenvalue weighted by Gasteiger charge is -2.13. The number of carboxylic acids is 1. The second-order valence-corrected chi connectivity index (χ2v) is 6.04. The number of nitrogens with zero attached hydrogens (tertiary/aromatic N) is 3. The lowest BCUT2D eigenvalue weighted by atomic mass is 10.1. The van der Waals surface area contributed by atoms with Crippen LogP contribution in [0.5, 0.6) is 11.5 Å². The summed E-state index contributed by atoms with van der Waals surface area (Å²) < 4.78 is 10.8. The Morgan fingerprint density at radius 3 is 2.76 bits per heavy atom. The Balaban J connectivity index is 2.00. The molecule has 146 valence electrons. The van der Waals surface area contributed by atoms with Crippen molar-refractivity contribution in [3.05, 3.63) is 59.2 Å². The third-order valence-corrected chi connectivity index (χ3v) is 4.21. The Kier molecular flexibility index (Phi) is 5.60. The van der Waals surface area contributed by atoms with Crippen LogP contribution in [0.25, 0.3) is 6.08 Å². The highest BCUT2D eigenvalue weighted by atomic mass is 16.5. The van der Waals surface area contributed by atoms with E-state index >= 15 is 0 Å². The molecule has 1 heterocycles. The number of carboxylic acid groups (broad SMARTS) is 1. The molecule has 2 aromatic rings. The zero-order valence-corrected chi connectivity index (χ0v) is 15.7. The Morgan fingerprint density at radius 2 is 2.07 bits per heavy atom. The fourth-order valence-corrected chi connectivity index (χ4v) is 2.85. The van der Waals surface area contributed by atoms with Gasteiger partial charge in [0.2, 0.25) is 0 Å². The average molecular weight is 391 g/mol. The van der Waals surface area contributed by atoms with Crippen LogP contribution in [0.3, 0.4) is 0 Å². The number of hydrogen-bond donors (Lipinski definition) is 1. The molecule has 1 aliphatic heterocycles. The summed E-state index contributed by atoms with van der Waals surface area (Å²) in [6.07, 6.45) is 1.61. The Morgan fingerprint density at radius 1 is 1.31 bits per heavy atom. The van der Waals surface area contributed by atoms with Crippen LogP contribution in [0.4, 0.5) is 5.69 Å². The number of methoxy groups -OCH3 is 1. The predicted molar refractivity (Wildman–Crippen MR) is 106 cm³/mol. The number of hydrogen-bond acceptors (Lipinski definition) is 6. The van der Waals surface area contributed by atoms with E-state index in [0.717, 1.165) is 5.01 Å². The number of hydrazone groups is 1. The first-order valence-electron chi connectivity index (χ1n) is 8.58. The SMILES string of the molecule is COc1cccc(/C=C2\C(=O)N(c3cccc(C(=O)O)c3)N=C2C)c1OCC#N.